The van der Waals surface area contributed by atoms with Gasteiger partial charge in [0.2, 0.25) is 5.91 Å². The molecule has 0 saturated heterocycles. The predicted molar refractivity (Wildman–Crippen MR) is 147 cm³/mol. The Kier molecular flexibility index (Phi) is 6.19. The molecule has 37 heavy (non-hydrogen) atoms. The van der Waals surface area contributed by atoms with E-state index in [1.807, 2.05) is 54.6 Å². The van der Waals surface area contributed by atoms with Gasteiger partial charge in [0, 0.05) is 36.5 Å². The van der Waals surface area contributed by atoms with Crippen molar-refractivity contribution in [2.75, 3.05) is 27.9 Å². The molecule has 1 aliphatic rings. The average Bonchev–Trinajstić information content (AvgIpc) is 3.24. The molecule has 0 fully saturated rings. The number of nitrogens with one attached hydrogen (secondary N) is 1. The van der Waals surface area contributed by atoms with Crippen molar-refractivity contribution < 1.29 is 14.4 Å². The highest BCUT2D eigenvalue weighted by molar-refractivity contribution is 6.12. The summed E-state index contributed by atoms with van der Waals surface area (Å²) in [5.74, 6) is -0.429. The molecule has 1 heterocycles. The highest BCUT2D eigenvalue weighted by atomic mass is 16.2. The molecule has 3 amide bonds. The lowest BCUT2D eigenvalue weighted by molar-refractivity contribution is -0.114. The van der Waals surface area contributed by atoms with E-state index >= 15 is 0 Å². The maximum absolute atomic E-state index is 13.3. The Bertz CT molecular complexity index is 1530. The summed E-state index contributed by atoms with van der Waals surface area (Å²) in [6.07, 6.45) is 0. The third-order valence-corrected chi connectivity index (χ3v) is 6.49. The van der Waals surface area contributed by atoms with Crippen molar-refractivity contribution in [3.8, 4) is 11.1 Å². The number of carbonyl (C=O) groups is 3. The molecular weight excluding hydrogens is 464 g/mol. The standard InChI is InChI=1S/C30H26N4O3/c1-19(35)32-22-8-5-7-21(17-22)24-9-6-10-25-26(24)18-34(30(25)37)23-15-13-20(14-16-23)29(36)33(2)28-12-4-3-11-27(28)31/h3-17H,18,31H2,1-2H3,(H,32,35). The SMILES string of the molecule is CC(=O)Nc1cccc(-c2cccc3c2CN(c2ccc(C(=O)N(C)c4ccccc4N)cc2)C3=O)c1. The molecule has 0 spiro atoms. The molecule has 0 aliphatic carbocycles. The molecule has 184 valence electrons. The lowest BCUT2D eigenvalue weighted by Gasteiger charge is -2.20. The van der Waals surface area contributed by atoms with Gasteiger partial charge in [-0.1, -0.05) is 36.4 Å². The predicted octanol–water partition coefficient (Wildman–Crippen LogP) is 5.33. The lowest BCUT2D eigenvalue weighted by atomic mass is 9.96. The molecule has 1 aliphatic heterocycles. The van der Waals surface area contributed by atoms with E-state index in [9.17, 15) is 14.4 Å². The van der Waals surface area contributed by atoms with Gasteiger partial charge in [0.1, 0.15) is 0 Å². The summed E-state index contributed by atoms with van der Waals surface area (Å²) < 4.78 is 0. The Morgan fingerprint density at radius 3 is 2.32 bits per heavy atom. The van der Waals surface area contributed by atoms with Crippen LogP contribution < -0.4 is 20.9 Å². The monoisotopic (exact) mass is 490 g/mol. The maximum atomic E-state index is 13.3. The lowest BCUT2D eigenvalue weighted by Crippen LogP contribution is -2.27. The van der Waals surface area contributed by atoms with Crippen molar-refractivity contribution >= 4 is 40.5 Å². The van der Waals surface area contributed by atoms with Crippen LogP contribution >= 0.6 is 0 Å². The number of anilines is 4. The van der Waals surface area contributed by atoms with Crippen molar-refractivity contribution in [1.29, 1.82) is 0 Å². The van der Waals surface area contributed by atoms with Gasteiger partial charge in [-0.25, -0.2) is 0 Å². The topological polar surface area (TPSA) is 95.7 Å². The molecule has 0 unspecified atom stereocenters. The van der Waals surface area contributed by atoms with Crippen LogP contribution in [0.5, 0.6) is 0 Å². The number of carbonyl (C=O) groups excluding carboxylic acids is 3. The Hall–Kier alpha value is -4.91. The summed E-state index contributed by atoms with van der Waals surface area (Å²) in [4.78, 5) is 41.1. The smallest absolute Gasteiger partial charge is 0.258 e. The Morgan fingerprint density at radius 2 is 1.59 bits per heavy atom. The van der Waals surface area contributed by atoms with Crippen LogP contribution in [-0.4, -0.2) is 24.8 Å². The van der Waals surface area contributed by atoms with Crippen LogP contribution in [0.4, 0.5) is 22.7 Å². The Labute approximate surface area is 215 Å². The first-order valence-electron chi connectivity index (χ1n) is 11.9. The second kappa shape index (κ2) is 9.62. The quantitative estimate of drug-likeness (QED) is 0.370. The minimum Gasteiger partial charge on any atom is -0.397 e. The van der Waals surface area contributed by atoms with Crippen LogP contribution in [0.3, 0.4) is 0 Å². The van der Waals surface area contributed by atoms with E-state index < -0.39 is 0 Å². The van der Waals surface area contributed by atoms with E-state index in [1.165, 1.54) is 11.8 Å². The number of hydrogen-bond donors (Lipinski definition) is 2. The van der Waals surface area contributed by atoms with Crippen molar-refractivity contribution in [3.63, 3.8) is 0 Å². The van der Waals surface area contributed by atoms with E-state index in [0.29, 0.717) is 40.4 Å². The van der Waals surface area contributed by atoms with Gasteiger partial charge in [-0.05, 0) is 71.3 Å². The van der Waals surface area contributed by atoms with Gasteiger partial charge in [-0.2, -0.15) is 0 Å². The summed E-state index contributed by atoms with van der Waals surface area (Å²) in [5, 5.41) is 2.81. The number of nitrogens with zero attached hydrogens (tertiary/aromatic N) is 2. The fourth-order valence-corrected chi connectivity index (χ4v) is 4.66. The first kappa shape index (κ1) is 23.8. The largest absolute Gasteiger partial charge is 0.397 e. The second-order valence-corrected chi connectivity index (χ2v) is 8.95. The van der Waals surface area contributed by atoms with Crippen LogP contribution in [-0.2, 0) is 11.3 Å². The maximum Gasteiger partial charge on any atom is 0.258 e. The number of nitrogens with two attached hydrogens (primary N) is 1. The Morgan fingerprint density at radius 1 is 0.892 bits per heavy atom. The van der Waals surface area contributed by atoms with Gasteiger partial charge in [-0.3, -0.25) is 14.4 Å². The van der Waals surface area contributed by atoms with Gasteiger partial charge in [0.15, 0.2) is 0 Å². The molecule has 4 aromatic carbocycles. The highest BCUT2D eigenvalue weighted by Crippen LogP contribution is 2.36. The fraction of sp³-hybridized carbons (Fsp3) is 0.100. The number of fused-ring (bicyclic) bond motifs is 1. The van der Waals surface area contributed by atoms with Crippen molar-refractivity contribution in [2.24, 2.45) is 0 Å². The van der Waals surface area contributed by atoms with Gasteiger partial charge in [0.25, 0.3) is 11.8 Å². The van der Waals surface area contributed by atoms with Gasteiger partial charge >= 0.3 is 0 Å². The molecule has 0 aromatic heterocycles. The van der Waals surface area contributed by atoms with E-state index in [1.54, 1.807) is 48.3 Å². The number of rotatable bonds is 5. The third kappa shape index (κ3) is 4.54. The van der Waals surface area contributed by atoms with Gasteiger partial charge < -0.3 is 20.9 Å². The van der Waals surface area contributed by atoms with Crippen LogP contribution in [0.1, 0.15) is 33.2 Å². The zero-order chi connectivity index (χ0) is 26.1. The van der Waals surface area contributed by atoms with Crippen LogP contribution in [0.2, 0.25) is 0 Å². The van der Waals surface area contributed by atoms with Gasteiger partial charge in [-0.15, -0.1) is 0 Å². The number of amides is 3. The third-order valence-electron chi connectivity index (χ3n) is 6.49. The molecule has 0 bridgehead atoms. The molecule has 7 heteroatoms. The van der Waals surface area contributed by atoms with E-state index in [4.69, 9.17) is 5.73 Å². The summed E-state index contributed by atoms with van der Waals surface area (Å²) >= 11 is 0. The van der Waals surface area contributed by atoms with Crippen molar-refractivity contribution in [2.45, 2.75) is 13.5 Å². The molecule has 0 radical (unpaired) electrons. The number of hydrogen-bond acceptors (Lipinski definition) is 4. The summed E-state index contributed by atoms with van der Waals surface area (Å²) in [6, 6.07) is 27.5. The number of para-hydroxylation sites is 2. The zero-order valence-corrected chi connectivity index (χ0v) is 20.6. The summed E-state index contributed by atoms with van der Waals surface area (Å²) in [7, 11) is 1.69. The molecule has 0 saturated carbocycles. The van der Waals surface area contributed by atoms with Crippen LogP contribution in [0, 0.1) is 0 Å². The molecule has 0 atom stereocenters. The zero-order valence-electron chi connectivity index (χ0n) is 20.6. The summed E-state index contributed by atoms with van der Waals surface area (Å²) in [6.45, 7) is 1.87. The summed E-state index contributed by atoms with van der Waals surface area (Å²) in [5.41, 5.74) is 12.5. The number of nitrogen functional groups attached to an aromatic ring is 1. The van der Waals surface area contributed by atoms with E-state index in [-0.39, 0.29) is 17.7 Å². The molecule has 5 rings (SSSR count). The van der Waals surface area contributed by atoms with Crippen molar-refractivity contribution in [3.05, 3.63) is 108 Å². The molecule has 7 nitrogen and oxygen atoms in total. The molecule has 3 N–H and O–H groups in total. The fourth-order valence-electron chi connectivity index (χ4n) is 4.66. The average molecular weight is 491 g/mol. The molecule has 4 aromatic rings. The minimum atomic E-state index is -0.193. The van der Waals surface area contributed by atoms with E-state index in [2.05, 4.69) is 5.32 Å². The van der Waals surface area contributed by atoms with E-state index in [0.717, 1.165) is 16.7 Å². The van der Waals surface area contributed by atoms with Gasteiger partial charge in [0.05, 0.1) is 17.9 Å². The van der Waals surface area contributed by atoms with Crippen LogP contribution in [0.15, 0.2) is 91.0 Å². The number of benzene rings is 4. The van der Waals surface area contributed by atoms with Crippen molar-refractivity contribution in [1.82, 2.24) is 0 Å². The van der Waals surface area contributed by atoms with Crippen LogP contribution in [0.25, 0.3) is 11.1 Å². The first-order chi connectivity index (χ1) is 17.8. The normalized spacial score (nSPS) is 12.3. The molecular formula is C30H26N4O3. The first-order valence-corrected chi connectivity index (χ1v) is 11.9. The second-order valence-electron chi connectivity index (χ2n) is 8.95. The highest BCUT2D eigenvalue weighted by Gasteiger charge is 2.30. The minimum absolute atomic E-state index is 0.0943. The Balaban J connectivity index is 1.40.